The van der Waals surface area contributed by atoms with Crippen LogP contribution >= 0.6 is 0 Å². The minimum atomic E-state index is -0.328. The standard InChI is InChI=1S/C15H20FNO2/c16-12-8-11(9-13-14(12)19-7-6-18-13)15(10-17)4-2-1-3-5-15/h8-9H,1-7,10,17H2. The Morgan fingerprint density at radius 1 is 1.11 bits per heavy atom. The molecular formula is C15H20FNO2. The number of hydrogen-bond donors (Lipinski definition) is 1. The van der Waals surface area contributed by atoms with Crippen molar-refractivity contribution < 1.29 is 13.9 Å². The number of halogens is 1. The Bertz CT molecular complexity index is 469. The first-order chi connectivity index (χ1) is 9.25. The summed E-state index contributed by atoms with van der Waals surface area (Å²) in [6, 6.07) is 3.52. The molecule has 4 heteroatoms. The first-order valence-electron chi connectivity index (χ1n) is 7.05. The molecule has 3 rings (SSSR count). The van der Waals surface area contributed by atoms with E-state index in [1.54, 1.807) is 6.07 Å². The molecule has 1 aliphatic heterocycles. The van der Waals surface area contributed by atoms with E-state index >= 15 is 0 Å². The van der Waals surface area contributed by atoms with E-state index in [0.717, 1.165) is 31.2 Å². The first kappa shape index (κ1) is 12.7. The van der Waals surface area contributed by atoms with Crippen LogP contribution in [0.2, 0.25) is 0 Å². The molecule has 0 bridgehead atoms. The number of hydrogen-bond acceptors (Lipinski definition) is 3. The maximum Gasteiger partial charge on any atom is 0.197 e. The van der Waals surface area contributed by atoms with Gasteiger partial charge in [0.1, 0.15) is 13.2 Å². The fraction of sp³-hybridized carbons (Fsp3) is 0.600. The Morgan fingerprint density at radius 3 is 2.58 bits per heavy atom. The van der Waals surface area contributed by atoms with Crippen molar-refractivity contribution >= 4 is 0 Å². The van der Waals surface area contributed by atoms with Gasteiger partial charge in [-0.1, -0.05) is 19.3 Å². The van der Waals surface area contributed by atoms with Crippen molar-refractivity contribution in [2.45, 2.75) is 37.5 Å². The summed E-state index contributed by atoms with van der Waals surface area (Å²) in [6.07, 6.45) is 5.63. The summed E-state index contributed by atoms with van der Waals surface area (Å²) in [6.45, 7) is 1.45. The second-order valence-electron chi connectivity index (χ2n) is 5.53. The van der Waals surface area contributed by atoms with Crippen LogP contribution in [0.25, 0.3) is 0 Å². The van der Waals surface area contributed by atoms with Crippen LogP contribution in [0.5, 0.6) is 11.5 Å². The average molecular weight is 265 g/mol. The molecule has 0 aromatic heterocycles. The van der Waals surface area contributed by atoms with Crippen molar-refractivity contribution in [1.29, 1.82) is 0 Å². The van der Waals surface area contributed by atoms with Crippen LogP contribution in [0.1, 0.15) is 37.7 Å². The molecule has 0 saturated heterocycles. The molecule has 2 N–H and O–H groups in total. The molecule has 0 atom stereocenters. The maximum absolute atomic E-state index is 14.1. The molecular weight excluding hydrogens is 245 g/mol. The molecule has 0 amide bonds. The molecule has 19 heavy (non-hydrogen) atoms. The lowest BCUT2D eigenvalue weighted by Gasteiger charge is -2.37. The van der Waals surface area contributed by atoms with Crippen LogP contribution in [0.3, 0.4) is 0 Å². The molecule has 1 aromatic carbocycles. The van der Waals surface area contributed by atoms with Crippen molar-refractivity contribution in [3.63, 3.8) is 0 Å². The molecule has 1 aromatic rings. The zero-order valence-electron chi connectivity index (χ0n) is 11.1. The third kappa shape index (κ3) is 2.18. The van der Waals surface area contributed by atoms with E-state index in [4.69, 9.17) is 15.2 Å². The van der Waals surface area contributed by atoms with Crippen molar-refractivity contribution in [2.24, 2.45) is 5.73 Å². The topological polar surface area (TPSA) is 44.5 Å². The summed E-state index contributed by atoms with van der Waals surface area (Å²) < 4.78 is 25.0. The van der Waals surface area contributed by atoms with Gasteiger partial charge in [-0.05, 0) is 30.5 Å². The largest absolute Gasteiger partial charge is 0.486 e. The summed E-state index contributed by atoms with van der Waals surface area (Å²) in [5.74, 6) is 0.447. The van der Waals surface area contributed by atoms with Crippen molar-refractivity contribution in [3.8, 4) is 11.5 Å². The molecule has 1 saturated carbocycles. The van der Waals surface area contributed by atoms with Gasteiger partial charge in [0.05, 0.1) is 0 Å². The van der Waals surface area contributed by atoms with Crippen molar-refractivity contribution in [2.75, 3.05) is 19.8 Å². The SMILES string of the molecule is NCC1(c2cc(F)c3c(c2)OCCO3)CCCCC1. The van der Waals surface area contributed by atoms with Crippen LogP contribution in [0.15, 0.2) is 12.1 Å². The Hall–Kier alpha value is -1.29. The van der Waals surface area contributed by atoms with Gasteiger partial charge in [0.2, 0.25) is 0 Å². The summed E-state index contributed by atoms with van der Waals surface area (Å²) in [5.41, 5.74) is 6.88. The highest BCUT2D eigenvalue weighted by atomic mass is 19.1. The first-order valence-corrected chi connectivity index (χ1v) is 7.05. The smallest absolute Gasteiger partial charge is 0.197 e. The van der Waals surface area contributed by atoms with Crippen LogP contribution in [-0.4, -0.2) is 19.8 Å². The van der Waals surface area contributed by atoms with Crippen LogP contribution in [-0.2, 0) is 5.41 Å². The second kappa shape index (κ2) is 5.00. The maximum atomic E-state index is 14.1. The summed E-state index contributed by atoms with van der Waals surface area (Å²) in [4.78, 5) is 0. The van der Waals surface area contributed by atoms with Crippen LogP contribution < -0.4 is 15.2 Å². The lowest BCUT2D eigenvalue weighted by molar-refractivity contribution is 0.163. The van der Waals surface area contributed by atoms with E-state index in [-0.39, 0.29) is 17.0 Å². The molecule has 1 fully saturated rings. The van der Waals surface area contributed by atoms with Gasteiger partial charge in [0, 0.05) is 12.0 Å². The quantitative estimate of drug-likeness (QED) is 0.894. The van der Waals surface area contributed by atoms with Crippen molar-refractivity contribution in [3.05, 3.63) is 23.5 Å². The lowest BCUT2D eigenvalue weighted by atomic mass is 9.69. The molecule has 2 aliphatic rings. The highest BCUT2D eigenvalue weighted by Gasteiger charge is 2.34. The van der Waals surface area contributed by atoms with Crippen molar-refractivity contribution in [1.82, 2.24) is 0 Å². The van der Waals surface area contributed by atoms with Gasteiger partial charge in [-0.15, -0.1) is 0 Å². The highest BCUT2D eigenvalue weighted by Crippen LogP contribution is 2.43. The van der Waals surface area contributed by atoms with E-state index in [0.29, 0.717) is 25.5 Å². The van der Waals surface area contributed by atoms with E-state index < -0.39 is 0 Å². The van der Waals surface area contributed by atoms with Gasteiger partial charge in [-0.3, -0.25) is 0 Å². The van der Waals surface area contributed by atoms with Gasteiger partial charge >= 0.3 is 0 Å². The Labute approximate surface area is 112 Å². The Kier molecular flexibility index (Phi) is 3.35. The van der Waals surface area contributed by atoms with Gasteiger partial charge in [-0.25, -0.2) is 4.39 Å². The molecule has 3 nitrogen and oxygen atoms in total. The number of nitrogens with two attached hydrogens (primary N) is 1. The molecule has 0 radical (unpaired) electrons. The van der Waals surface area contributed by atoms with E-state index in [1.165, 1.54) is 6.42 Å². The summed E-state index contributed by atoms with van der Waals surface area (Å²) in [7, 11) is 0. The molecule has 104 valence electrons. The fourth-order valence-corrected chi connectivity index (χ4v) is 3.26. The van der Waals surface area contributed by atoms with Gasteiger partial charge < -0.3 is 15.2 Å². The zero-order valence-corrected chi connectivity index (χ0v) is 11.1. The minimum Gasteiger partial charge on any atom is -0.486 e. The molecule has 0 spiro atoms. The number of rotatable bonds is 2. The van der Waals surface area contributed by atoms with Gasteiger partial charge in [0.25, 0.3) is 0 Å². The molecule has 1 aliphatic carbocycles. The van der Waals surface area contributed by atoms with E-state index in [2.05, 4.69) is 0 Å². The molecule has 1 heterocycles. The average Bonchev–Trinajstić information content (AvgIpc) is 2.48. The summed E-state index contributed by atoms with van der Waals surface area (Å²) in [5, 5.41) is 0. The number of ether oxygens (including phenoxy) is 2. The second-order valence-corrected chi connectivity index (χ2v) is 5.53. The fourth-order valence-electron chi connectivity index (χ4n) is 3.26. The van der Waals surface area contributed by atoms with Gasteiger partial charge in [0.15, 0.2) is 17.3 Å². The molecule has 0 unspecified atom stereocenters. The van der Waals surface area contributed by atoms with Crippen LogP contribution in [0.4, 0.5) is 4.39 Å². The third-order valence-electron chi connectivity index (χ3n) is 4.41. The third-order valence-corrected chi connectivity index (χ3v) is 4.41. The van der Waals surface area contributed by atoms with Crippen LogP contribution in [0, 0.1) is 5.82 Å². The number of fused-ring (bicyclic) bond motifs is 1. The normalized spacial score (nSPS) is 21.2. The van der Waals surface area contributed by atoms with Gasteiger partial charge in [-0.2, -0.15) is 0 Å². The predicted molar refractivity (Wildman–Crippen MR) is 71.2 cm³/mol. The number of benzene rings is 1. The van der Waals surface area contributed by atoms with E-state index in [1.807, 2.05) is 6.07 Å². The Balaban J connectivity index is 2.02. The lowest BCUT2D eigenvalue weighted by Crippen LogP contribution is -2.37. The predicted octanol–water partition coefficient (Wildman–Crippen LogP) is 2.76. The Morgan fingerprint density at radius 2 is 1.84 bits per heavy atom. The summed E-state index contributed by atoms with van der Waals surface area (Å²) >= 11 is 0. The zero-order chi connectivity index (χ0) is 13.3. The van der Waals surface area contributed by atoms with E-state index in [9.17, 15) is 4.39 Å². The highest BCUT2D eigenvalue weighted by molar-refractivity contribution is 5.47. The minimum absolute atomic E-state index is 0.0884. The monoisotopic (exact) mass is 265 g/mol.